The van der Waals surface area contributed by atoms with Crippen LogP contribution in [-0.2, 0) is 5.41 Å². The summed E-state index contributed by atoms with van der Waals surface area (Å²) >= 11 is 0. The van der Waals surface area contributed by atoms with Gasteiger partial charge in [0.05, 0.1) is 0 Å². The number of nitroso groups, excluding NO2 is 1. The van der Waals surface area contributed by atoms with Gasteiger partial charge in [-0.25, -0.2) is 0 Å². The number of aromatic hydroxyl groups is 1. The molecule has 2 aromatic carbocycles. The van der Waals surface area contributed by atoms with E-state index in [1.165, 1.54) is 7.05 Å². The first kappa shape index (κ1) is 15.9. The van der Waals surface area contributed by atoms with Gasteiger partial charge in [0.2, 0.25) is 0 Å². The first-order valence-electron chi connectivity index (χ1n) is 7.16. The molecule has 0 unspecified atom stereocenters. The normalized spacial score (nSPS) is 11.8. The van der Waals surface area contributed by atoms with Crippen LogP contribution in [0.15, 0.2) is 47.5 Å². The van der Waals surface area contributed by atoms with Gasteiger partial charge in [0.15, 0.2) is 7.05 Å². The fourth-order valence-corrected chi connectivity index (χ4v) is 2.04. The topological polar surface area (TPSA) is 52.7 Å². The summed E-state index contributed by atoms with van der Waals surface area (Å²) in [6.45, 7) is 6.33. The van der Waals surface area contributed by atoms with Crippen molar-refractivity contribution in [2.45, 2.75) is 26.2 Å². The molecule has 0 radical (unpaired) electrons. The average Bonchev–Trinajstić information content (AvgIpc) is 2.45. The lowest BCUT2D eigenvalue weighted by atomic mass is 9.87. The Kier molecular flexibility index (Phi) is 4.40. The predicted molar refractivity (Wildman–Crippen MR) is 89.7 cm³/mol. The molecule has 0 aliphatic carbocycles. The number of phenolic OH excluding ortho intramolecular Hbond substituents is 1. The highest BCUT2D eigenvalue weighted by Crippen LogP contribution is 2.32. The number of aliphatic imine (C=N–C) groups is 1. The highest BCUT2D eigenvalue weighted by molar-refractivity contribution is 5.83. The summed E-state index contributed by atoms with van der Waals surface area (Å²) in [4.78, 5) is 15.7. The molecule has 0 aliphatic heterocycles. The van der Waals surface area contributed by atoms with E-state index in [0.717, 1.165) is 15.9 Å². The zero-order chi connectivity index (χ0) is 16.3. The molecule has 0 spiro atoms. The average molecular weight is 297 g/mol. The molecule has 114 valence electrons. The summed E-state index contributed by atoms with van der Waals surface area (Å²) < 4.78 is 0.801. The van der Waals surface area contributed by atoms with Crippen molar-refractivity contribution in [2.75, 3.05) is 7.05 Å². The zero-order valence-electron chi connectivity index (χ0n) is 13.4. The van der Waals surface area contributed by atoms with Gasteiger partial charge in [-0.05, 0) is 28.7 Å². The van der Waals surface area contributed by atoms with Crippen molar-refractivity contribution in [3.8, 4) is 5.75 Å². The van der Waals surface area contributed by atoms with Crippen LogP contribution in [0.25, 0.3) is 0 Å². The highest BCUT2D eigenvalue weighted by atomic mass is 16.3. The number of phenols is 1. The largest absolute Gasteiger partial charge is 0.506 e. The van der Waals surface area contributed by atoms with Crippen molar-refractivity contribution >= 4 is 17.6 Å². The number of nitrogens with zero attached hydrogens (tertiary/aromatic N) is 2. The molecule has 0 heterocycles. The minimum absolute atomic E-state index is 0.0108. The van der Waals surface area contributed by atoms with Crippen LogP contribution < -0.4 is 0 Å². The summed E-state index contributed by atoms with van der Waals surface area (Å²) in [7, 11) is 1.45. The number of benzene rings is 2. The molecular weight excluding hydrogens is 276 g/mol. The Labute approximate surface area is 130 Å². The van der Waals surface area contributed by atoms with E-state index in [1.54, 1.807) is 30.5 Å². The highest BCUT2D eigenvalue weighted by Gasteiger charge is 2.15. The van der Waals surface area contributed by atoms with Crippen molar-refractivity contribution in [3.05, 3.63) is 58.5 Å². The first-order chi connectivity index (χ1) is 10.3. The van der Waals surface area contributed by atoms with Gasteiger partial charge in [-0.2, -0.15) is 0 Å². The van der Waals surface area contributed by atoms with E-state index in [0.29, 0.717) is 11.4 Å². The summed E-state index contributed by atoms with van der Waals surface area (Å²) in [5, 5.41) is 9.95. The molecule has 0 aliphatic rings. The van der Waals surface area contributed by atoms with Crippen LogP contribution in [0.2, 0.25) is 0 Å². The maximum atomic E-state index is 11.3. The zero-order valence-corrected chi connectivity index (χ0v) is 13.4. The summed E-state index contributed by atoms with van der Waals surface area (Å²) in [6.07, 6.45) is 1.65. The predicted octanol–water partition coefficient (Wildman–Crippen LogP) is 4.48. The lowest BCUT2D eigenvalue weighted by Gasteiger charge is -2.19. The van der Waals surface area contributed by atoms with Gasteiger partial charge in [-0.3, -0.25) is 4.99 Å². The molecule has 4 nitrogen and oxygen atoms in total. The van der Waals surface area contributed by atoms with E-state index >= 15 is 0 Å². The molecule has 2 rings (SSSR count). The molecule has 0 aromatic heterocycles. The third-order valence-corrected chi connectivity index (χ3v) is 3.43. The molecule has 0 fully saturated rings. The van der Waals surface area contributed by atoms with E-state index in [2.05, 4.69) is 25.8 Å². The van der Waals surface area contributed by atoms with E-state index in [-0.39, 0.29) is 11.2 Å². The number of rotatable bonds is 3. The van der Waals surface area contributed by atoms with Crippen LogP contribution in [-0.4, -0.2) is 23.1 Å². The van der Waals surface area contributed by atoms with E-state index in [1.807, 2.05) is 18.2 Å². The number of hydrogen-bond acceptors (Lipinski definition) is 3. The second-order valence-electron chi connectivity index (χ2n) is 6.30. The fraction of sp³-hybridized carbons (Fsp3) is 0.278. The van der Waals surface area contributed by atoms with Crippen molar-refractivity contribution in [3.63, 3.8) is 0 Å². The van der Waals surface area contributed by atoms with Crippen LogP contribution in [0, 0.1) is 4.91 Å². The molecule has 2 aromatic rings. The molecule has 0 atom stereocenters. The van der Waals surface area contributed by atoms with Crippen LogP contribution >= 0.6 is 0 Å². The Balaban J connectivity index is 2.34. The van der Waals surface area contributed by atoms with E-state index in [9.17, 15) is 10.0 Å². The van der Waals surface area contributed by atoms with Gasteiger partial charge >= 0.3 is 0 Å². The molecular formula is C18H21N2O2+. The van der Waals surface area contributed by atoms with Gasteiger partial charge < -0.3 is 5.11 Å². The fourth-order valence-electron chi connectivity index (χ4n) is 2.04. The van der Waals surface area contributed by atoms with Crippen LogP contribution in [0.5, 0.6) is 5.75 Å². The van der Waals surface area contributed by atoms with Crippen LogP contribution in [0.3, 0.4) is 0 Å². The minimum atomic E-state index is -0.0108. The first-order valence-corrected chi connectivity index (χ1v) is 7.16. The summed E-state index contributed by atoms with van der Waals surface area (Å²) in [5.41, 5.74) is 2.99. The van der Waals surface area contributed by atoms with E-state index in [4.69, 9.17) is 0 Å². The monoisotopic (exact) mass is 297 g/mol. The van der Waals surface area contributed by atoms with Gasteiger partial charge in [0, 0.05) is 28.0 Å². The SMILES string of the molecule is C[N+](=O)c1cccc(/C=N/c2cc(C(C)(C)C)ccc2O)c1. The van der Waals surface area contributed by atoms with Crippen LogP contribution in [0.1, 0.15) is 31.9 Å². The van der Waals surface area contributed by atoms with Crippen molar-refractivity contribution in [1.82, 2.24) is 0 Å². The Morgan fingerprint density at radius 3 is 2.50 bits per heavy atom. The molecule has 0 saturated heterocycles. The Morgan fingerprint density at radius 2 is 1.86 bits per heavy atom. The van der Waals surface area contributed by atoms with Crippen LogP contribution in [0.4, 0.5) is 11.4 Å². The van der Waals surface area contributed by atoms with Crippen molar-refractivity contribution in [1.29, 1.82) is 0 Å². The smallest absolute Gasteiger partial charge is 0.256 e. The number of hydrogen-bond donors (Lipinski definition) is 1. The lowest BCUT2D eigenvalue weighted by Crippen LogP contribution is -2.10. The molecule has 22 heavy (non-hydrogen) atoms. The maximum Gasteiger partial charge on any atom is 0.256 e. The van der Waals surface area contributed by atoms with Gasteiger partial charge in [-0.15, -0.1) is 0 Å². The third kappa shape index (κ3) is 3.79. The Morgan fingerprint density at radius 1 is 1.14 bits per heavy atom. The molecule has 1 N–H and O–H groups in total. The molecule has 0 amide bonds. The van der Waals surface area contributed by atoms with E-state index < -0.39 is 0 Å². The standard InChI is InChI=1S/C18H20N2O2/c1-18(2,3)14-8-9-17(21)16(11-14)19-12-13-6-5-7-15(10-13)20(4)22/h5-12H,1-4H3/p+1/b19-12+. The second kappa shape index (κ2) is 6.10. The third-order valence-electron chi connectivity index (χ3n) is 3.43. The van der Waals surface area contributed by atoms with Gasteiger partial charge in [0.1, 0.15) is 11.4 Å². The van der Waals surface area contributed by atoms with Crippen molar-refractivity contribution < 1.29 is 9.87 Å². The Bertz CT molecular complexity index is 728. The Hall–Kier alpha value is -2.49. The maximum absolute atomic E-state index is 11.3. The summed E-state index contributed by atoms with van der Waals surface area (Å²) in [6, 6.07) is 12.6. The van der Waals surface area contributed by atoms with Crippen molar-refractivity contribution in [2.24, 2.45) is 4.99 Å². The molecule has 4 heteroatoms. The lowest BCUT2D eigenvalue weighted by molar-refractivity contribution is -0.428. The minimum Gasteiger partial charge on any atom is -0.506 e. The quantitative estimate of drug-likeness (QED) is 0.670. The van der Waals surface area contributed by atoms with Gasteiger partial charge in [0.25, 0.3) is 5.69 Å². The second-order valence-corrected chi connectivity index (χ2v) is 6.30. The molecule has 0 bridgehead atoms. The molecule has 0 saturated carbocycles. The summed E-state index contributed by atoms with van der Waals surface area (Å²) in [5.74, 6) is 0.140. The van der Waals surface area contributed by atoms with Gasteiger partial charge in [-0.1, -0.05) is 39.0 Å².